The number of aromatic nitrogens is 1. The molecule has 0 N–H and O–H groups in total. The Labute approximate surface area is 129 Å². The highest BCUT2D eigenvalue weighted by molar-refractivity contribution is 5.21. The second-order valence-electron chi connectivity index (χ2n) is 6.41. The van der Waals surface area contributed by atoms with Crippen molar-refractivity contribution in [3.63, 3.8) is 0 Å². The maximum Gasteiger partial charge on any atom is 0.131 e. The predicted octanol–water partition coefficient (Wildman–Crippen LogP) is 4.38. The van der Waals surface area contributed by atoms with Crippen LogP contribution in [0.2, 0.25) is 0 Å². The molecular weight excluding hydrogens is 284 g/mol. The molecule has 1 saturated carbocycles. The Balaban J connectivity index is 1.71. The van der Waals surface area contributed by atoms with Crippen LogP contribution in [0.25, 0.3) is 0 Å². The van der Waals surface area contributed by atoms with Crippen molar-refractivity contribution in [1.82, 2.24) is 4.57 Å². The van der Waals surface area contributed by atoms with Gasteiger partial charge in [-0.2, -0.15) is 0 Å². The van der Waals surface area contributed by atoms with Gasteiger partial charge >= 0.3 is 0 Å². The molecule has 0 radical (unpaired) electrons. The van der Waals surface area contributed by atoms with Gasteiger partial charge in [0.05, 0.1) is 18.8 Å². The van der Waals surface area contributed by atoms with Crippen LogP contribution in [0.15, 0.2) is 30.5 Å². The van der Waals surface area contributed by atoms with Crippen LogP contribution in [0.5, 0.6) is 0 Å². The van der Waals surface area contributed by atoms with Crippen LogP contribution in [-0.2, 0) is 17.9 Å². The van der Waals surface area contributed by atoms with Gasteiger partial charge in [0, 0.05) is 23.5 Å². The highest BCUT2D eigenvalue weighted by atomic mass is 19.1. The Kier molecular flexibility index (Phi) is 3.81. The van der Waals surface area contributed by atoms with Crippen LogP contribution in [-0.4, -0.2) is 10.2 Å². The number of hydrogen-bond donors (Lipinski definition) is 0. The molecule has 0 amide bonds. The molecule has 0 spiro atoms. The summed E-state index contributed by atoms with van der Waals surface area (Å²) < 4.78 is 34.9. The summed E-state index contributed by atoms with van der Waals surface area (Å²) in [6, 6.07) is 5.72. The summed E-state index contributed by atoms with van der Waals surface area (Å²) in [6.07, 6.45) is 3.03. The fourth-order valence-electron chi connectivity index (χ4n) is 2.91. The highest BCUT2D eigenvalue weighted by Gasteiger charge is 2.52. The smallest absolute Gasteiger partial charge is 0.131 e. The molecule has 1 aromatic carbocycles. The molecule has 0 bridgehead atoms. The molecule has 2 nitrogen and oxygen atoms in total. The number of benzene rings is 1. The van der Waals surface area contributed by atoms with E-state index in [9.17, 15) is 8.78 Å². The third kappa shape index (κ3) is 2.80. The Morgan fingerprint density at radius 3 is 2.55 bits per heavy atom. The van der Waals surface area contributed by atoms with E-state index < -0.39 is 11.6 Å². The van der Waals surface area contributed by atoms with Crippen LogP contribution in [0, 0.1) is 31.4 Å². The molecule has 3 rings (SSSR count). The van der Waals surface area contributed by atoms with Gasteiger partial charge in [-0.25, -0.2) is 8.78 Å². The van der Waals surface area contributed by atoms with E-state index in [4.69, 9.17) is 4.74 Å². The summed E-state index contributed by atoms with van der Waals surface area (Å²) in [5, 5.41) is 0. The maximum atomic E-state index is 13.7. The van der Waals surface area contributed by atoms with Crippen molar-refractivity contribution in [3.8, 4) is 0 Å². The molecule has 1 aliphatic carbocycles. The standard InChI is InChI=1S/C18H21F2NO/c1-12-6-7-21(14(12)3)11-18(9-13(18)2)22-10-15-4-5-16(19)8-17(15)20/h4-8,13H,9-11H2,1-3H3. The minimum absolute atomic E-state index is 0.176. The molecule has 1 fully saturated rings. The number of nitrogens with zero attached hydrogens (tertiary/aromatic N) is 1. The van der Waals surface area contributed by atoms with E-state index in [0.717, 1.165) is 19.0 Å². The Hall–Kier alpha value is -1.68. The lowest BCUT2D eigenvalue weighted by Gasteiger charge is -2.20. The second kappa shape index (κ2) is 5.51. The van der Waals surface area contributed by atoms with E-state index in [-0.39, 0.29) is 12.2 Å². The molecular formula is C18H21F2NO. The van der Waals surface area contributed by atoms with Crippen LogP contribution >= 0.6 is 0 Å². The van der Waals surface area contributed by atoms with E-state index in [0.29, 0.717) is 11.5 Å². The number of ether oxygens (including phenoxy) is 1. The van der Waals surface area contributed by atoms with Crippen molar-refractivity contribution in [2.45, 2.75) is 45.9 Å². The van der Waals surface area contributed by atoms with Gasteiger partial charge in [-0.15, -0.1) is 0 Å². The molecule has 118 valence electrons. The van der Waals surface area contributed by atoms with E-state index in [2.05, 4.69) is 37.6 Å². The first-order valence-corrected chi connectivity index (χ1v) is 7.61. The van der Waals surface area contributed by atoms with Crippen molar-refractivity contribution in [1.29, 1.82) is 0 Å². The summed E-state index contributed by atoms with van der Waals surface area (Å²) in [7, 11) is 0. The molecule has 0 saturated heterocycles. The first-order valence-electron chi connectivity index (χ1n) is 7.61. The first-order chi connectivity index (χ1) is 10.4. The molecule has 2 aromatic rings. The number of hydrogen-bond acceptors (Lipinski definition) is 1. The van der Waals surface area contributed by atoms with Crippen molar-refractivity contribution < 1.29 is 13.5 Å². The number of aryl methyl sites for hydroxylation is 1. The lowest BCUT2D eigenvalue weighted by Crippen LogP contribution is -2.24. The van der Waals surface area contributed by atoms with Gasteiger partial charge in [-0.3, -0.25) is 0 Å². The minimum Gasteiger partial charge on any atom is -0.368 e. The number of rotatable bonds is 5. The SMILES string of the molecule is Cc1ccn(CC2(OCc3ccc(F)cc3F)CC2C)c1C. The molecule has 22 heavy (non-hydrogen) atoms. The minimum atomic E-state index is -0.561. The molecule has 4 heteroatoms. The van der Waals surface area contributed by atoms with Crippen molar-refractivity contribution >= 4 is 0 Å². The van der Waals surface area contributed by atoms with Gasteiger partial charge in [0.25, 0.3) is 0 Å². The van der Waals surface area contributed by atoms with Crippen molar-refractivity contribution in [2.24, 2.45) is 5.92 Å². The predicted molar refractivity (Wildman–Crippen MR) is 81.6 cm³/mol. The van der Waals surface area contributed by atoms with E-state index in [1.165, 1.54) is 23.4 Å². The average Bonchev–Trinajstić information content (AvgIpc) is 3.00. The summed E-state index contributed by atoms with van der Waals surface area (Å²) in [6.45, 7) is 7.28. The average molecular weight is 305 g/mol. The van der Waals surface area contributed by atoms with E-state index >= 15 is 0 Å². The fourth-order valence-corrected chi connectivity index (χ4v) is 2.91. The lowest BCUT2D eigenvalue weighted by atomic mass is 10.2. The maximum absolute atomic E-state index is 13.7. The van der Waals surface area contributed by atoms with Crippen LogP contribution < -0.4 is 0 Å². The molecule has 1 aliphatic rings. The molecule has 2 unspecified atom stereocenters. The zero-order valence-electron chi connectivity index (χ0n) is 13.2. The van der Waals surface area contributed by atoms with Crippen LogP contribution in [0.3, 0.4) is 0 Å². The number of halogens is 2. The Bertz CT molecular complexity index is 694. The largest absolute Gasteiger partial charge is 0.368 e. The molecule has 1 heterocycles. The monoisotopic (exact) mass is 305 g/mol. The molecule has 2 atom stereocenters. The Morgan fingerprint density at radius 1 is 1.27 bits per heavy atom. The van der Waals surface area contributed by atoms with Crippen molar-refractivity contribution in [3.05, 3.63) is 58.9 Å². The summed E-state index contributed by atoms with van der Waals surface area (Å²) >= 11 is 0. The summed E-state index contributed by atoms with van der Waals surface area (Å²) in [5.41, 5.74) is 2.65. The van der Waals surface area contributed by atoms with Gasteiger partial charge in [-0.1, -0.05) is 13.0 Å². The van der Waals surface area contributed by atoms with Crippen molar-refractivity contribution in [2.75, 3.05) is 0 Å². The van der Waals surface area contributed by atoms with Gasteiger partial charge < -0.3 is 9.30 Å². The zero-order valence-corrected chi connectivity index (χ0v) is 13.2. The highest BCUT2D eigenvalue weighted by Crippen LogP contribution is 2.48. The normalized spacial score (nSPS) is 23.8. The summed E-state index contributed by atoms with van der Waals surface area (Å²) in [4.78, 5) is 0. The second-order valence-corrected chi connectivity index (χ2v) is 6.41. The van der Waals surface area contributed by atoms with Gasteiger partial charge in [-0.05, 0) is 43.9 Å². The topological polar surface area (TPSA) is 14.2 Å². The van der Waals surface area contributed by atoms with Gasteiger partial charge in [0.2, 0.25) is 0 Å². The third-order valence-corrected chi connectivity index (χ3v) is 4.86. The summed E-state index contributed by atoms with van der Waals surface area (Å²) in [5.74, 6) is -0.663. The molecule has 1 aromatic heterocycles. The molecule has 0 aliphatic heterocycles. The van der Waals surface area contributed by atoms with E-state index in [1.807, 2.05) is 0 Å². The van der Waals surface area contributed by atoms with Gasteiger partial charge in [0.1, 0.15) is 11.6 Å². The van der Waals surface area contributed by atoms with E-state index in [1.54, 1.807) is 0 Å². The zero-order chi connectivity index (χ0) is 15.9. The fraction of sp³-hybridized carbons (Fsp3) is 0.444. The van der Waals surface area contributed by atoms with Gasteiger partial charge in [0.15, 0.2) is 0 Å². The quantitative estimate of drug-likeness (QED) is 0.799. The van der Waals surface area contributed by atoms with Crippen LogP contribution in [0.1, 0.15) is 30.2 Å². The Morgan fingerprint density at radius 2 is 2.00 bits per heavy atom. The van der Waals surface area contributed by atoms with Crippen LogP contribution in [0.4, 0.5) is 8.78 Å². The third-order valence-electron chi connectivity index (χ3n) is 4.86. The first kappa shape index (κ1) is 15.2. The lowest BCUT2D eigenvalue weighted by molar-refractivity contribution is -0.00349.